The number of amides is 1. The number of ether oxygens (including phenoxy) is 2. The van der Waals surface area contributed by atoms with E-state index in [9.17, 15) is 9.59 Å². The van der Waals surface area contributed by atoms with Crippen LogP contribution in [0.2, 0.25) is 0 Å². The molecule has 6 nitrogen and oxygen atoms in total. The highest BCUT2D eigenvalue weighted by atomic mass is 16.5. The Kier molecular flexibility index (Phi) is 7.88. The van der Waals surface area contributed by atoms with Crippen LogP contribution in [-0.2, 0) is 25.5 Å². The Balaban J connectivity index is 1.96. The molecule has 1 amide bonds. The molecule has 1 saturated heterocycles. The van der Waals surface area contributed by atoms with Crippen molar-refractivity contribution in [1.82, 2.24) is 9.80 Å². The maximum Gasteiger partial charge on any atom is 0.310 e. The highest BCUT2D eigenvalue weighted by molar-refractivity contribution is 5.80. The highest BCUT2D eigenvalue weighted by Crippen LogP contribution is 2.08. The van der Waals surface area contributed by atoms with E-state index in [1.165, 1.54) is 7.11 Å². The smallest absolute Gasteiger partial charge is 0.310 e. The number of esters is 1. The van der Waals surface area contributed by atoms with Crippen molar-refractivity contribution in [2.45, 2.75) is 13.3 Å². The summed E-state index contributed by atoms with van der Waals surface area (Å²) >= 11 is 0. The topological polar surface area (TPSA) is 59.1 Å². The Morgan fingerprint density at radius 3 is 2.56 bits per heavy atom. The molecule has 1 aromatic carbocycles. The fraction of sp³-hybridized carbons (Fsp3) is 0.579. The van der Waals surface area contributed by atoms with E-state index in [0.717, 1.165) is 38.4 Å². The van der Waals surface area contributed by atoms with Gasteiger partial charge in [0.15, 0.2) is 0 Å². The third-order valence-electron chi connectivity index (χ3n) is 4.44. The van der Waals surface area contributed by atoms with Crippen LogP contribution in [-0.4, -0.2) is 74.7 Å². The van der Waals surface area contributed by atoms with E-state index in [1.807, 2.05) is 30.3 Å². The predicted octanol–water partition coefficient (Wildman–Crippen LogP) is 1.20. The second kappa shape index (κ2) is 10.2. The summed E-state index contributed by atoms with van der Waals surface area (Å²) in [6, 6.07) is 9.68. The standard InChI is InChI=1S/C19H28N2O4/c1-16(19(23)24-2)15-21(9-8-20-10-12-25-13-11-20)18(22)14-17-6-4-3-5-7-17/h3-7,16H,8-15H2,1-2H3. The third-order valence-corrected chi connectivity index (χ3v) is 4.44. The summed E-state index contributed by atoms with van der Waals surface area (Å²) in [6.07, 6.45) is 0.345. The summed E-state index contributed by atoms with van der Waals surface area (Å²) in [5, 5.41) is 0. The Morgan fingerprint density at radius 2 is 1.92 bits per heavy atom. The van der Waals surface area contributed by atoms with Gasteiger partial charge in [-0.1, -0.05) is 37.3 Å². The second-order valence-electron chi connectivity index (χ2n) is 6.38. The molecule has 1 aliphatic heterocycles. The number of hydrogen-bond acceptors (Lipinski definition) is 5. The van der Waals surface area contributed by atoms with Crippen molar-refractivity contribution in [2.24, 2.45) is 5.92 Å². The van der Waals surface area contributed by atoms with E-state index < -0.39 is 0 Å². The highest BCUT2D eigenvalue weighted by Gasteiger charge is 2.22. The number of hydrogen-bond donors (Lipinski definition) is 0. The summed E-state index contributed by atoms with van der Waals surface area (Å²) in [7, 11) is 1.38. The first-order valence-corrected chi connectivity index (χ1v) is 8.79. The van der Waals surface area contributed by atoms with Gasteiger partial charge in [0.2, 0.25) is 5.91 Å². The lowest BCUT2D eigenvalue weighted by Crippen LogP contribution is -2.45. The molecular weight excluding hydrogens is 320 g/mol. The molecule has 1 atom stereocenters. The fourth-order valence-electron chi connectivity index (χ4n) is 2.89. The lowest BCUT2D eigenvalue weighted by Gasteiger charge is -2.31. The molecule has 25 heavy (non-hydrogen) atoms. The fourth-order valence-corrected chi connectivity index (χ4v) is 2.89. The molecule has 1 aromatic rings. The summed E-state index contributed by atoms with van der Waals surface area (Å²) in [4.78, 5) is 28.6. The van der Waals surface area contributed by atoms with Gasteiger partial charge in [-0.3, -0.25) is 14.5 Å². The minimum absolute atomic E-state index is 0.0372. The van der Waals surface area contributed by atoms with Gasteiger partial charge in [0.1, 0.15) is 0 Å². The van der Waals surface area contributed by atoms with Crippen LogP contribution < -0.4 is 0 Å². The molecule has 0 N–H and O–H groups in total. The number of methoxy groups -OCH3 is 1. The van der Waals surface area contributed by atoms with Crippen molar-refractivity contribution in [2.75, 3.05) is 53.0 Å². The SMILES string of the molecule is COC(=O)C(C)CN(CCN1CCOCC1)C(=O)Cc1ccccc1. The molecule has 0 bridgehead atoms. The summed E-state index contributed by atoms with van der Waals surface area (Å²) in [5.41, 5.74) is 0.981. The van der Waals surface area contributed by atoms with Crippen LogP contribution in [0, 0.1) is 5.92 Å². The van der Waals surface area contributed by atoms with E-state index in [-0.39, 0.29) is 17.8 Å². The molecule has 2 rings (SSSR count). The number of morpholine rings is 1. The normalized spacial score (nSPS) is 16.2. The van der Waals surface area contributed by atoms with Crippen LogP contribution in [0.25, 0.3) is 0 Å². The Hall–Kier alpha value is -1.92. The molecule has 1 fully saturated rings. The van der Waals surface area contributed by atoms with Gasteiger partial charge in [-0.05, 0) is 5.56 Å². The third kappa shape index (κ3) is 6.48. The maximum absolute atomic E-state index is 12.8. The zero-order valence-corrected chi connectivity index (χ0v) is 15.1. The zero-order chi connectivity index (χ0) is 18.1. The van der Waals surface area contributed by atoms with Gasteiger partial charge in [-0.25, -0.2) is 0 Å². The molecule has 0 spiro atoms. The first-order chi connectivity index (χ1) is 12.1. The molecule has 6 heteroatoms. The van der Waals surface area contributed by atoms with Gasteiger partial charge in [0.05, 0.1) is 32.7 Å². The molecule has 138 valence electrons. The second-order valence-corrected chi connectivity index (χ2v) is 6.38. The van der Waals surface area contributed by atoms with Crippen molar-refractivity contribution >= 4 is 11.9 Å². The van der Waals surface area contributed by atoms with Crippen molar-refractivity contribution in [3.63, 3.8) is 0 Å². The monoisotopic (exact) mass is 348 g/mol. The van der Waals surface area contributed by atoms with Crippen molar-refractivity contribution in [3.05, 3.63) is 35.9 Å². The molecular formula is C19H28N2O4. The van der Waals surface area contributed by atoms with Gasteiger partial charge in [0, 0.05) is 32.7 Å². The molecule has 1 aliphatic rings. The van der Waals surface area contributed by atoms with Gasteiger partial charge < -0.3 is 14.4 Å². The van der Waals surface area contributed by atoms with E-state index >= 15 is 0 Å². The molecule has 0 radical (unpaired) electrons. The van der Waals surface area contributed by atoms with Gasteiger partial charge >= 0.3 is 5.97 Å². The van der Waals surface area contributed by atoms with Crippen molar-refractivity contribution < 1.29 is 19.1 Å². The van der Waals surface area contributed by atoms with E-state index in [0.29, 0.717) is 19.5 Å². The lowest BCUT2D eigenvalue weighted by atomic mass is 10.1. The van der Waals surface area contributed by atoms with E-state index in [1.54, 1.807) is 11.8 Å². The number of carbonyl (C=O) groups excluding carboxylic acids is 2. The molecule has 1 heterocycles. The van der Waals surface area contributed by atoms with Crippen molar-refractivity contribution in [1.29, 1.82) is 0 Å². The lowest BCUT2D eigenvalue weighted by molar-refractivity contribution is -0.146. The molecule has 0 saturated carbocycles. The Morgan fingerprint density at radius 1 is 1.24 bits per heavy atom. The number of nitrogens with zero attached hydrogens (tertiary/aromatic N) is 2. The van der Waals surface area contributed by atoms with Crippen LogP contribution in [0.4, 0.5) is 0 Å². The van der Waals surface area contributed by atoms with Crippen LogP contribution >= 0.6 is 0 Å². The summed E-state index contributed by atoms with van der Waals surface area (Å²) in [5.74, 6) is -0.589. The quantitative estimate of drug-likeness (QED) is 0.661. The van der Waals surface area contributed by atoms with Crippen LogP contribution in [0.1, 0.15) is 12.5 Å². The molecule has 1 unspecified atom stereocenters. The van der Waals surface area contributed by atoms with Crippen LogP contribution in [0.5, 0.6) is 0 Å². The minimum Gasteiger partial charge on any atom is -0.469 e. The van der Waals surface area contributed by atoms with Crippen LogP contribution in [0.15, 0.2) is 30.3 Å². The first-order valence-electron chi connectivity index (χ1n) is 8.79. The summed E-state index contributed by atoms with van der Waals surface area (Å²) in [6.45, 7) is 6.80. The number of rotatable bonds is 8. The maximum atomic E-state index is 12.8. The Labute approximate surface area is 149 Å². The molecule has 0 aromatic heterocycles. The zero-order valence-electron chi connectivity index (χ0n) is 15.1. The van der Waals surface area contributed by atoms with Gasteiger partial charge in [-0.2, -0.15) is 0 Å². The average Bonchev–Trinajstić information content (AvgIpc) is 2.65. The van der Waals surface area contributed by atoms with E-state index in [4.69, 9.17) is 9.47 Å². The predicted molar refractivity (Wildman–Crippen MR) is 95.2 cm³/mol. The summed E-state index contributed by atoms with van der Waals surface area (Å²) < 4.78 is 10.2. The Bertz CT molecular complexity index is 544. The largest absolute Gasteiger partial charge is 0.469 e. The van der Waals surface area contributed by atoms with Crippen molar-refractivity contribution in [3.8, 4) is 0 Å². The van der Waals surface area contributed by atoms with Gasteiger partial charge in [0.25, 0.3) is 0 Å². The number of carbonyl (C=O) groups is 2. The average molecular weight is 348 g/mol. The number of benzene rings is 1. The molecule has 0 aliphatic carbocycles. The first kappa shape index (κ1) is 19.4. The van der Waals surface area contributed by atoms with E-state index in [2.05, 4.69) is 4.90 Å². The van der Waals surface area contributed by atoms with Crippen LogP contribution in [0.3, 0.4) is 0 Å². The minimum atomic E-state index is -0.339. The van der Waals surface area contributed by atoms with Gasteiger partial charge in [-0.15, -0.1) is 0 Å².